The lowest BCUT2D eigenvalue weighted by atomic mass is 9.80. The zero-order valence-corrected chi connectivity index (χ0v) is 16.5. The summed E-state index contributed by atoms with van der Waals surface area (Å²) in [4.78, 5) is 11.5. The number of carbonyl (C=O) groups excluding carboxylic acids is 1. The average molecular weight is 385 g/mol. The van der Waals surface area contributed by atoms with Gasteiger partial charge in [0, 0.05) is 11.6 Å². The fraction of sp³-hybridized carbons (Fsp3) is 0.409. The number of hydrogen-bond donors (Lipinski definition) is 3. The van der Waals surface area contributed by atoms with Crippen LogP contribution in [0, 0.1) is 5.41 Å². The van der Waals surface area contributed by atoms with Crippen molar-refractivity contribution in [2.24, 2.45) is 5.41 Å². The summed E-state index contributed by atoms with van der Waals surface area (Å²) in [5.74, 6) is 0.964. The Morgan fingerprint density at radius 2 is 1.96 bits per heavy atom. The smallest absolute Gasteiger partial charge is 0.262 e. The van der Waals surface area contributed by atoms with Gasteiger partial charge in [-0.3, -0.25) is 4.79 Å². The molecule has 1 aliphatic heterocycles. The Labute approximate surface area is 165 Å². The van der Waals surface area contributed by atoms with Crippen molar-refractivity contribution in [3.63, 3.8) is 0 Å². The molecular formula is C22H27NO5. The van der Waals surface area contributed by atoms with E-state index in [4.69, 9.17) is 9.47 Å². The van der Waals surface area contributed by atoms with Gasteiger partial charge < -0.3 is 25.0 Å². The van der Waals surface area contributed by atoms with Crippen molar-refractivity contribution < 1.29 is 24.5 Å². The molecule has 0 aromatic heterocycles. The normalized spacial score (nSPS) is 14.6. The number of anilines is 1. The molecular weight excluding hydrogens is 358 g/mol. The van der Waals surface area contributed by atoms with E-state index >= 15 is 0 Å². The van der Waals surface area contributed by atoms with Gasteiger partial charge in [-0.2, -0.15) is 0 Å². The van der Waals surface area contributed by atoms with Crippen LogP contribution in [0.3, 0.4) is 0 Å². The first-order valence-corrected chi connectivity index (χ1v) is 9.38. The first-order valence-electron chi connectivity index (χ1n) is 9.38. The number of benzene rings is 2. The highest BCUT2D eigenvalue weighted by molar-refractivity contribution is 5.96. The molecule has 0 spiro atoms. The summed E-state index contributed by atoms with van der Waals surface area (Å²) in [5, 5.41) is 23.4. The van der Waals surface area contributed by atoms with E-state index in [2.05, 4.69) is 31.3 Å². The summed E-state index contributed by atoms with van der Waals surface area (Å²) in [6, 6.07) is 10.9. The van der Waals surface area contributed by atoms with Crippen LogP contribution in [0.2, 0.25) is 0 Å². The largest absolute Gasteiger partial charge is 0.508 e. The van der Waals surface area contributed by atoms with Crippen LogP contribution in [0.1, 0.15) is 43.9 Å². The standard InChI is InChI=1S/C22H27NO5/c1-22(2,12-14-4-6-16(27-3)7-5-14)9-8-19(25)17-10-15(24)11-18-21(17)28-13-20(26)23-18/h4-7,10-11,19,24-25H,8-9,12-13H2,1-3H3,(H,23,26)/t19-/m0/s1. The topological polar surface area (TPSA) is 88.0 Å². The van der Waals surface area contributed by atoms with Crippen molar-refractivity contribution >= 4 is 11.6 Å². The van der Waals surface area contributed by atoms with Crippen LogP contribution >= 0.6 is 0 Å². The molecule has 1 aliphatic rings. The molecule has 1 heterocycles. The van der Waals surface area contributed by atoms with Gasteiger partial charge in [-0.25, -0.2) is 0 Å². The van der Waals surface area contributed by atoms with Crippen LogP contribution < -0.4 is 14.8 Å². The SMILES string of the molecule is COc1ccc(CC(C)(C)CC[C@H](O)c2cc(O)cc3c2OCC(=O)N3)cc1. The van der Waals surface area contributed by atoms with Crippen LogP contribution in [-0.2, 0) is 11.2 Å². The predicted octanol–water partition coefficient (Wildman–Crippen LogP) is 3.81. The molecule has 1 amide bonds. The molecule has 0 saturated carbocycles. The highest BCUT2D eigenvalue weighted by atomic mass is 16.5. The Kier molecular flexibility index (Phi) is 5.79. The number of aliphatic hydroxyl groups excluding tert-OH is 1. The summed E-state index contributed by atoms with van der Waals surface area (Å²) >= 11 is 0. The molecule has 1 atom stereocenters. The van der Waals surface area contributed by atoms with E-state index in [-0.39, 0.29) is 23.7 Å². The number of rotatable bonds is 7. The van der Waals surface area contributed by atoms with E-state index in [0.717, 1.165) is 18.6 Å². The molecule has 0 saturated heterocycles. The van der Waals surface area contributed by atoms with Gasteiger partial charge in [-0.1, -0.05) is 26.0 Å². The van der Waals surface area contributed by atoms with Gasteiger partial charge >= 0.3 is 0 Å². The number of aliphatic hydroxyl groups is 1. The van der Waals surface area contributed by atoms with Crippen LogP contribution in [0.4, 0.5) is 5.69 Å². The lowest BCUT2D eigenvalue weighted by Gasteiger charge is -2.28. The lowest BCUT2D eigenvalue weighted by Crippen LogP contribution is -2.26. The summed E-state index contributed by atoms with van der Waals surface area (Å²) < 4.78 is 10.7. The molecule has 2 aromatic carbocycles. The quantitative estimate of drug-likeness (QED) is 0.674. The summed E-state index contributed by atoms with van der Waals surface area (Å²) in [5.41, 5.74) is 2.07. The number of fused-ring (bicyclic) bond motifs is 1. The van der Waals surface area contributed by atoms with E-state index in [1.807, 2.05) is 12.1 Å². The maximum absolute atomic E-state index is 11.5. The Morgan fingerprint density at radius 3 is 2.64 bits per heavy atom. The van der Waals surface area contributed by atoms with Crippen molar-refractivity contribution in [2.45, 2.75) is 39.2 Å². The molecule has 0 aliphatic carbocycles. The first-order chi connectivity index (χ1) is 13.3. The van der Waals surface area contributed by atoms with Crippen molar-refractivity contribution in [3.8, 4) is 17.2 Å². The van der Waals surface area contributed by atoms with E-state index in [1.54, 1.807) is 7.11 Å². The average Bonchev–Trinajstić information content (AvgIpc) is 2.65. The molecule has 150 valence electrons. The number of aromatic hydroxyl groups is 1. The van der Waals surface area contributed by atoms with Gasteiger partial charge in [0.25, 0.3) is 5.91 Å². The summed E-state index contributed by atoms with van der Waals surface area (Å²) in [7, 11) is 1.65. The lowest BCUT2D eigenvalue weighted by molar-refractivity contribution is -0.118. The molecule has 2 aromatic rings. The van der Waals surface area contributed by atoms with Crippen LogP contribution in [0.15, 0.2) is 36.4 Å². The second kappa shape index (κ2) is 8.10. The van der Waals surface area contributed by atoms with E-state index in [1.165, 1.54) is 17.7 Å². The second-order valence-corrected chi connectivity index (χ2v) is 7.99. The Morgan fingerprint density at radius 1 is 1.25 bits per heavy atom. The molecule has 6 heteroatoms. The highest BCUT2D eigenvalue weighted by Crippen LogP contribution is 2.41. The number of nitrogens with one attached hydrogen (secondary N) is 1. The summed E-state index contributed by atoms with van der Waals surface area (Å²) in [6.45, 7) is 4.23. The zero-order chi connectivity index (χ0) is 20.3. The summed E-state index contributed by atoms with van der Waals surface area (Å²) in [6.07, 6.45) is 1.35. The Hall–Kier alpha value is -2.73. The van der Waals surface area contributed by atoms with Gasteiger partial charge in [-0.15, -0.1) is 0 Å². The molecule has 6 nitrogen and oxygen atoms in total. The van der Waals surface area contributed by atoms with Gasteiger partial charge in [0.05, 0.1) is 18.9 Å². The molecule has 0 radical (unpaired) electrons. The van der Waals surface area contributed by atoms with Crippen molar-refractivity contribution in [1.82, 2.24) is 0 Å². The number of hydrogen-bond acceptors (Lipinski definition) is 5. The third-order valence-corrected chi connectivity index (χ3v) is 5.02. The number of methoxy groups -OCH3 is 1. The third-order valence-electron chi connectivity index (χ3n) is 5.02. The monoisotopic (exact) mass is 385 g/mol. The van der Waals surface area contributed by atoms with Gasteiger partial charge in [0.2, 0.25) is 0 Å². The minimum Gasteiger partial charge on any atom is -0.508 e. The number of carbonyl (C=O) groups is 1. The van der Waals surface area contributed by atoms with E-state index < -0.39 is 6.10 Å². The van der Waals surface area contributed by atoms with Crippen LogP contribution in [0.25, 0.3) is 0 Å². The fourth-order valence-electron chi connectivity index (χ4n) is 3.53. The fourth-order valence-corrected chi connectivity index (χ4v) is 3.53. The maximum Gasteiger partial charge on any atom is 0.262 e. The van der Waals surface area contributed by atoms with Crippen molar-refractivity contribution in [2.75, 3.05) is 19.0 Å². The van der Waals surface area contributed by atoms with Crippen molar-refractivity contribution in [3.05, 3.63) is 47.5 Å². The van der Waals surface area contributed by atoms with Gasteiger partial charge in [0.15, 0.2) is 6.61 Å². The van der Waals surface area contributed by atoms with E-state index in [9.17, 15) is 15.0 Å². The van der Waals surface area contributed by atoms with Crippen molar-refractivity contribution in [1.29, 1.82) is 0 Å². The number of ether oxygens (including phenoxy) is 2. The second-order valence-electron chi connectivity index (χ2n) is 7.99. The molecule has 3 N–H and O–H groups in total. The molecule has 28 heavy (non-hydrogen) atoms. The Balaban J connectivity index is 1.67. The van der Waals surface area contributed by atoms with E-state index in [0.29, 0.717) is 23.4 Å². The number of phenols is 1. The third kappa shape index (κ3) is 4.75. The zero-order valence-electron chi connectivity index (χ0n) is 16.5. The number of amides is 1. The molecule has 3 rings (SSSR count). The highest BCUT2D eigenvalue weighted by Gasteiger charge is 2.26. The number of phenolic OH excluding ortho intramolecular Hbond substituents is 1. The Bertz CT molecular complexity index is 845. The van der Waals surface area contributed by atoms with Gasteiger partial charge in [0.1, 0.15) is 17.2 Å². The first kappa shape index (κ1) is 20.0. The molecule has 0 fully saturated rings. The van der Waals surface area contributed by atoms with Crippen LogP contribution in [0.5, 0.6) is 17.2 Å². The van der Waals surface area contributed by atoms with Crippen LogP contribution in [-0.4, -0.2) is 29.8 Å². The minimum absolute atomic E-state index is 0.0175. The van der Waals surface area contributed by atoms with Gasteiger partial charge in [-0.05, 0) is 48.4 Å². The minimum atomic E-state index is -0.800. The molecule has 0 bridgehead atoms. The maximum atomic E-state index is 11.5. The molecule has 0 unspecified atom stereocenters. The predicted molar refractivity (Wildman–Crippen MR) is 107 cm³/mol.